The normalized spacial score (nSPS) is 17.0. The molecule has 3 aromatic rings. The molecule has 2 atom stereocenters. The lowest BCUT2D eigenvalue weighted by molar-refractivity contribution is 0.0602. The highest BCUT2D eigenvalue weighted by Gasteiger charge is 2.21. The van der Waals surface area contributed by atoms with Crippen molar-refractivity contribution in [3.05, 3.63) is 40.5 Å². The predicted molar refractivity (Wildman–Crippen MR) is 142 cm³/mol. The molecule has 1 aliphatic rings. The summed E-state index contributed by atoms with van der Waals surface area (Å²) in [4.78, 5) is 23.4. The minimum atomic E-state index is -0.475. The van der Waals surface area contributed by atoms with Crippen molar-refractivity contribution >= 4 is 46.1 Å². The first-order valence-corrected chi connectivity index (χ1v) is 12.2. The van der Waals surface area contributed by atoms with Crippen LogP contribution in [0.5, 0.6) is 0 Å². The Morgan fingerprint density at radius 1 is 1.33 bits per heavy atom. The number of fused-ring (bicyclic) bond motifs is 1. The smallest absolute Gasteiger partial charge is 0.340 e. The largest absolute Gasteiger partial charge is 0.465 e. The third-order valence-corrected chi connectivity index (χ3v) is 6.31. The maximum Gasteiger partial charge on any atom is 0.340 e. The summed E-state index contributed by atoms with van der Waals surface area (Å²) in [6, 6.07) is 7.37. The van der Waals surface area contributed by atoms with Crippen molar-refractivity contribution < 1.29 is 19.4 Å². The van der Waals surface area contributed by atoms with E-state index in [1.165, 1.54) is 7.11 Å². The van der Waals surface area contributed by atoms with E-state index >= 15 is 0 Å². The number of halogens is 1. The molecule has 2 unspecified atom stereocenters. The van der Waals surface area contributed by atoms with Gasteiger partial charge in [-0.1, -0.05) is 11.6 Å². The minimum Gasteiger partial charge on any atom is -0.465 e. The molecule has 1 aromatic carbocycles. The monoisotopic (exact) mass is 518 g/mol. The number of benzene rings is 1. The SMILES string of the molecule is CC1OCCC1N.COC(=O)c1ccc(Cl)c2nc(Nc3ccc(N(C)C)nc3C)n(CCCO)c12. The van der Waals surface area contributed by atoms with Crippen LogP contribution in [-0.4, -0.2) is 72.2 Å². The summed E-state index contributed by atoms with van der Waals surface area (Å²) >= 11 is 6.36. The highest BCUT2D eigenvalue weighted by Crippen LogP contribution is 2.32. The summed E-state index contributed by atoms with van der Waals surface area (Å²) in [5, 5.41) is 13.1. The van der Waals surface area contributed by atoms with Crippen LogP contribution >= 0.6 is 11.6 Å². The van der Waals surface area contributed by atoms with E-state index in [1.54, 1.807) is 12.1 Å². The number of carbonyl (C=O) groups is 1. The number of imidazole rings is 1. The van der Waals surface area contributed by atoms with Crippen molar-refractivity contribution in [3.8, 4) is 0 Å². The number of anilines is 3. The van der Waals surface area contributed by atoms with Crippen LogP contribution in [0.3, 0.4) is 0 Å². The summed E-state index contributed by atoms with van der Waals surface area (Å²) in [6.45, 7) is 5.22. The number of esters is 1. The third kappa shape index (κ3) is 6.25. The number of hydrogen-bond acceptors (Lipinski definition) is 9. The number of nitrogens with zero attached hydrogens (tertiary/aromatic N) is 4. The number of pyridine rings is 1. The van der Waals surface area contributed by atoms with Crippen molar-refractivity contribution in [2.75, 3.05) is 44.6 Å². The molecule has 4 rings (SSSR count). The average Bonchev–Trinajstić information content (AvgIpc) is 3.41. The Hall–Kier alpha value is -2.92. The Morgan fingerprint density at radius 3 is 2.61 bits per heavy atom. The zero-order valence-electron chi connectivity index (χ0n) is 21.4. The molecule has 2 aromatic heterocycles. The standard InChI is InChI=1S/C20H24ClN5O3.C5H11NO/c1-12-15(8-9-16(22-12)25(2)3)23-20-24-17-14(21)7-6-13(19(28)29-4)18(17)26(20)10-5-11-27;1-4-5(6)2-3-7-4/h6-9,27H,5,10-11H2,1-4H3,(H,23,24);4-5H,2-3,6H2,1H3. The Bertz CT molecular complexity index is 1190. The number of aliphatic hydroxyl groups is 1. The quantitative estimate of drug-likeness (QED) is 0.402. The maximum absolute atomic E-state index is 12.3. The molecule has 0 saturated carbocycles. The van der Waals surface area contributed by atoms with Crippen LogP contribution in [0.15, 0.2) is 24.3 Å². The number of aryl methyl sites for hydroxylation is 2. The molecular formula is C25H35ClN6O4. The number of aromatic nitrogens is 3. The molecule has 0 amide bonds. The Kier molecular flexibility index (Phi) is 9.49. The van der Waals surface area contributed by atoms with E-state index in [0.717, 1.165) is 30.2 Å². The average molecular weight is 519 g/mol. The van der Waals surface area contributed by atoms with E-state index in [1.807, 2.05) is 49.5 Å². The molecule has 0 radical (unpaired) electrons. The van der Waals surface area contributed by atoms with E-state index in [4.69, 9.17) is 26.8 Å². The molecule has 36 heavy (non-hydrogen) atoms. The van der Waals surface area contributed by atoms with E-state index in [0.29, 0.717) is 52.7 Å². The van der Waals surface area contributed by atoms with Gasteiger partial charge in [0, 0.05) is 39.9 Å². The van der Waals surface area contributed by atoms with Gasteiger partial charge >= 0.3 is 5.97 Å². The fraction of sp³-hybridized carbons (Fsp3) is 0.480. The molecule has 0 spiro atoms. The maximum atomic E-state index is 12.3. The van der Waals surface area contributed by atoms with Gasteiger partial charge in [0.25, 0.3) is 0 Å². The van der Waals surface area contributed by atoms with Crippen molar-refractivity contribution in [3.63, 3.8) is 0 Å². The Morgan fingerprint density at radius 2 is 2.08 bits per heavy atom. The lowest BCUT2D eigenvalue weighted by Gasteiger charge is -2.15. The van der Waals surface area contributed by atoms with Crippen LogP contribution in [-0.2, 0) is 16.0 Å². The first-order chi connectivity index (χ1) is 17.2. The summed E-state index contributed by atoms with van der Waals surface area (Å²) < 4.78 is 11.9. The molecule has 10 nitrogen and oxygen atoms in total. The topological polar surface area (TPSA) is 128 Å². The van der Waals surface area contributed by atoms with Crippen LogP contribution in [0.2, 0.25) is 5.02 Å². The number of ether oxygens (including phenoxy) is 2. The number of aliphatic hydroxyl groups excluding tert-OH is 1. The van der Waals surface area contributed by atoms with Crippen LogP contribution in [0.4, 0.5) is 17.5 Å². The molecule has 3 heterocycles. The number of carbonyl (C=O) groups excluding carboxylic acids is 1. The fourth-order valence-electron chi connectivity index (χ4n) is 3.82. The molecule has 0 bridgehead atoms. The van der Waals surface area contributed by atoms with Gasteiger partial charge in [-0.25, -0.2) is 14.8 Å². The molecular weight excluding hydrogens is 484 g/mol. The first kappa shape index (κ1) is 27.7. The zero-order valence-corrected chi connectivity index (χ0v) is 22.2. The van der Waals surface area contributed by atoms with Crippen molar-refractivity contribution in [2.45, 2.75) is 45.4 Å². The number of methoxy groups -OCH3 is 1. The van der Waals surface area contributed by atoms with Gasteiger partial charge in [-0.05, 0) is 51.0 Å². The molecule has 11 heteroatoms. The van der Waals surface area contributed by atoms with Gasteiger partial charge in [-0.2, -0.15) is 0 Å². The summed E-state index contributed by atoms with van der Waals surface area (Å²) in [5.41, 5.74) is 8.56. The lowest BCUT2D eigenvalue weighted by atomic mass is 10.2. The van der Waals surface area contributed by atoms with Gasteiger partial charge < -0.3 is 35.1 Å². The second-order valence-corrected chi connectivity index (χ2v) is 9.21. The number of hydrogen-bond donors (Lipinski definition) is 3. The second-order valence-electron chi connectivity index (χ2n) is 8.80. The molecule has 196 valence electrons. The highest BCUT2D eigenvalue weighted by atomic mass is 35.5. The molecule has 1 saturated heterocycles. The highest BCUT2D eigenvalue weighted by molar-refractivity contribution is 6.35. The third-order valence-electron chi connectivity index (χ3n) is 6.00. The first-order valence-electron chi connectivity index (χ1n) is 11.8. The zero-order chi connectivity index (χ0) is 26.4. The van der Waals surface area contributed by atoms with Crippen LogP contribution in [0.25, 0.3) is 11.0 Å². The molecule has 1 fully saturated rings. The van der Waals surface area contributed by atoms with E-state index in [-0.39, 0.29) is 6.61 Å². The molecule has 1 aliphatic heterocycles. The van der Waals surface area contributed by atoms with Gasteiger partial charge in [-0.3, -0.25) is 0 Å². The van der Waals surface area contributed by atoms with Crippen molar-refractivity contribution in [1.82, 2.24) is 14.5 Å². The molecule has 4 N–H and O–H groups in total. The van der Waals surface area contributed by atoms with Gasteiger partial charge in [0.05, 0.1) is 40.7 Å². The van der Waals surface area contributed by atoms with Crippen LogP contribution in [0.1, 0.15) is 35.8 Å². The van der Waals surface area contributed by atoms with Crippen molar-refractivity contribution in [2.24, 2.45) is 5.73 Å². The summed E-state index contributed by atoms with van der Waals surface area (Å²) in [5.74, 6) is 0.878. The van der Waals surface area contributed by atoms with Crippen molar-refractivity contribution in [1.29, 1.82) is 0 Å². The van der Waals surface area contributed by atoms with Crippen LogP contribution < -0.4 is 16.0 Å². The molecule has 0 aliphatic carbocycles. The Balaban J connectivity index is 0.000000444. The van der Waals surface area contributed by atoms with E-state index < -0.39 is 5.97 Å². The van der Waals surface area contributed by atoms with E-state index in [9.17, 15) is 9.90 Å². The predicted octanol–water partition coefficient (Wildman–Crippen LogP) is 3.49. The van der Waals surface area contributed by atoms with Crippen LogP contribution in [0, 0.1) is 6.92 Å². The van der Waals surface area contributed by atoms with Gasteiger partial charge in [-0.15, -0.1) is 0 Å². The van der Waals surface area contributed by atoms with Gasteiger partial charge in [0.1, 0.15) is 11.3 Å². The number of nitrogens with two attached hydrogens (primary N) is 1. The summed E-state index contributed by atoms with van der Waals surface area (Å²) in [6.07, 6.45) is 1.81. The number of nitrogens with one attached hydrogen (secondary N) is 1. The fourth-order valence-corrected chi connectivity index (χ4v) is 4.02. The minimum absolute atomic E-state index is 0.00531. The van der Waals surface area contributed by atoms with Gasteiger partial charge in [0.15, 0.2) is 0 Å². The summed E-state index contributed by atoms with van der Waals surface area (Å²) in [7, 11) is 5.19. The lowest BCUT2D eigenvalue weighted by Crippen LogP contribution is -2.26. The number of rotatable bonds is 7. The second kappa shape index (κ2) is 12.4. The Labute approximate surface area is 216 Å². The van der Waals surface area contributed by atoms with Gasteiger partial charge in [0.2, 0.25) is 5.95 Å². The van der Waals surface area contributed by atoms with E-state index in [2.05, 4.69) is 15.3 Å².